The van der Waals surface area contributed by atoms with Crippen molar-refractivity contribution in [1.29, 1.82) is 0 Å². The van der Waals surface area contributed by atoms with E-state index in [1.807, 2.05) is 32.0 Å². The summed E-state index contributed by atoms with van der Waals surface area (Å²) in [5.74, 6) is -0.141. The molecule has 0 aliphatic heterocycles. The zero-order valence-electron chi connectivity index (χ0n) is 16.2. The molecule has 2 aromatic rings. The lowest BCUT2D eigenvalue weighted by molar-refractivity contribution is -0.123. The molecule has 0 bridgehead atoms. The van der Waals surface area contributed by atoms with Crippen molar-refractivity contribution >= 4 is 11.8 Å². The van der Waals surface area contributed by atoms with Crippen LogP contribution in [0.1, 0.15) is 68.0 Å². The molecule has 0 saturated heterocycles. The van der Waals surface area contributed by atoms with Crippen molar-refractivity contribution in [3.05, 3.63) is 70.8 Å². The van der Waals surface area contributed by atoms with Crippen LogP contribution in [0.5, 0.6) is 0 Å². The van der Waals surface area contributed by atoms with Crippen LogP contribution in [-0.2, 0) is 23.1 Å². The zero-order chi connectivity index (χ0) is 19.4. The van der Waals surface area contributed by atoms with Crippen LogP contribution in [0.15, 0.2) is 48.5 Å². The van der Waals surface area contributed by atoms with Gasteiger partial charge in [0.15, 0.2) is 0 Å². The standard InChI is InChI=1S/C22H22O3.C2H6.H2/c23-19-10-11-22(14-15-4-2-1-3-5-15)18(13-19)8-6-16-12-17(21(24)25)7-9-20(16)22;1-2;/h1-5,7,9,12,18H,6,8,10-11,13-14H2,(H,24,25);1-2H3;1H/t18?,22-;;/m0../s1. The number of hydrogen-bond acceptors (Lipinski definition) is 2. The minimum Gasteiger partial charge on any atom is -0.478 e. The number of carboxylic acid groups (broad SMARTS) is 1. The van der Waals surface area contributed by atoms with Crippen molar-refractivity contribution in [1.82, 2.24) is 0 Å². The van der Waals surface area contributed by atoms with Crippen molar-refractivity contribution in [3.8, 4) is 0 Å². The highest BCUT2D eigenvalue weighted by Gasteiger charge is 2.47. The number of carbonyl (C=O) groups excluding carboxylic acids is 1. The Hall–Kier alpha value is -2.42. The van der Waals surface area contributed by atoms with Crippen LogP contribution in [0.4, 0.5) is 0 Å². The van der Waals surface area contributed by atoms with E-state index < -0.39 is 5.97 Å². The first kappa shape index (κ1) is 19.3. The Labute approximate surface area is 162 Å². The third-order valence-electron chi connectivity index (χ3n) is 6.12. The summed E-state index contributed by atoms with van der Waals surface area (Å²) in [6, 6.07) is 16.0. The van der Waals surface area contributed by atoms with Gasteiger partial charge in [0.05, 0.1) is 5.56 Å². The fourth-order valence-electron chi connectivity index (χ4n) is 4.91. The molecule has 2 atom stereocenters. The van der Waals surface area contributed by atoms with E-state index in [1.54, 1.807) is 6.07 Å². The monoisotopic (exact) mass is 366 g/mol. The van der Waals surface area contributed by atoms with Gasteiger partial charge in [0.2, 0.25) is 0 Å². The number of carbonyl (C=O) groups is 2. The third-order valence-corrected chi connectivity index (χ3v) is 6.12. The summed E-state index contributed by atoms with van der Waals surface area (Å²) in [5.41, 5.74) is 4.03. The highest BCUT2D eigenvalue weighted by Crippen LogP contribution is 2.51. The molecule has 0 spiro atoms. The van der Waals surface area contributed by atoms with Crippen molar-refractivity contribution in [2.24, 2.45) is 5.92 Å². The van der Waals surface area contributed by atoms with Gasteiger partial charge in [-0.1, -0.05) is 50.2 Å². The first-order valence-corrected chi connectivity index (χ1v) is 10.0. The molecule has 3 heteroatoms. The zero-order valence-corrected chi connectivity index (χ0v) is 16.2. The molecule has 27 heavy (non-hydrogen) atoms. The Kier molecular flexibility index (Phi) is 5.79. The van der Waals surface area contributed by atoms with Crippen molar-refractivity contribution in [2.45, 2.75) is 57.8 Å². The van der Waals surface area contributed by atoms with Gasteiger partial charge in [-0.05, 0) is 60.4 Å². The van der Waals surface area contributed by atoms with E-state index in [-0.39, 0.29) is 6.84 Å². The van der Waals surface area contributed by atoms with Crippen LogP contribution >= 0.6 is 0 Å². The molecule has 3 nitrogen and oxygen atoms in total. The van der Waals surface area contributed by atoms with Gasteiger partial charge in [0, 0.05) is 19.7 Å². The molecule has 0 amide bonds. The molecule has 1 N–H and O–H groups in total. The molecule has 2 aliphatic carbocycles. The van der Waals surface area contributed by atoms with Gasteiger partial charge in [-0.15, -0.1) is 0 Å². The minimum atomic E-state index is -0.874. The molecule has 1 saturated carbocycles. The maximum atomic E-state index is 12.1. The van der Waals surface area contributed by atoms with E-state index in [0.717, 1.165) is 31.2 Å². The van der Waals surface area contributed by atoms with Gasteiger partial charge in [-0.3, -0.25) is 4.79 Å². The van der Waals surface area contributed by atoms with E-state index in [9.17, 15) is 14.7 Å². The maximum Gasteiger partial charge on any atom is 0.335 e. The Morgan fingerprint density at radius 3 is 2.59 bits per heavy atom. The molecule has 4 rings (SSSR count). The second-order valence-electron chi connectivity index (χ2n) is 7.47. The van der Waals surface area contributed by atoms with Crippen LogP contribution in [-0.4, -0.2) is 16.9 Å². The Morgan fingerprint density at radius 2 is 1.89 bits per heavy atom. The van der Waals surface area contributed by atoms with Crippen LogP contribution in [0.3, 0.4) is 0 Å². The van der Waals surface area contributed by atoms with Crippen LogP contribution < -0.4 is 0 Å². The number of ketones is 1. The average molecular weight is 367 g/mol. The van der Waals surface area contributed by atoms with Crippen molar-refractivity contribution in [2.75, 3.05) is 0 Å². The molecule has 0 heterocycles. The molecule has 2 aromatic carbocycles. The second-order valence-corrected chi connectivity index (χ2v) is 7.47. The van der Waals surface area contributed by atoms with E-state index >= 15 is 0 Å². The lowest BCUT2D eigenvalue weighted by Gasteiger charge is -2.48. The number of fused-ring (bicyclic) bond motifs is 3. The van der Waals surface area contributed by atoms with Crippen LogP contribution in [0.25, 0.3) is 0 Å². The number of aromatic carboxylic acids is 1. The van der Waals surface area contributed by atoms with Crippen molar-refractivity contribution in [3.63, 3.8) is 0 Å². The van der Waals surface area contributed by atoms with Gasteiger partial charge in [0.1, 0.15) is 5.78 Å². The SMILES string of the molecule is CC.O=C1CC[C@@]2(Cc3ccccc3)c3ccc(C(=O)O)cc3CCC2C1.[HH]. The highest BCUT2D eigenvalue weighted by molar-refractivity contribution is 5.88. The predicted molar refractivity (Wildman–Crippen MR) is 109 cm³/mol. The van der Waals surface area contributed by atoms with Gasteiger partial charge in [0.25, 0.3) is 0 Å². The van der Waals surface area contributed by atoms with E-state index in [0.29, 0.717) is 30.1 Å². The smallest absolute Gasteiger partial charge is 0.335 e. The first-order valence-electron chi connectivity index (χ1n) is 10.0. The minimum absolute atomic E-state index is 0. The molecular formula is C24H30O3. The van der Waals surface area contributed by atoms with Crippen LogP contribution in [0.2, 0.25) is 0 Å². The lowest BCUT2D eigenvalue weighted by Crippen LogP contribution is -2.46. The van der Waals surface area contributed by atoms with E-state index in [1.165, 1.54) is 11.1 Å². The second kappa shape index (κ2) is 8.08. The summed E-state index contributed by atoms with van der Waals surface area (Å²) in [5, 5.41) is 9.31. The molecule has 0 radical (unpaired) electrons. The molecule has 1 fully saturated rings. The summed E-state index contributed by atoms with van der Waals surface area (Å²) in [7, 11) is 0. The number of aryl methyl sites for hydroxylation is 1. The summed E-state index contributed by atoms with van der Waals surface area (Å²) in [6.07, 6.45) is 4.91. The van der Waals surface area contributed by atoms with Gasteiger partial charge < -0.3 is 5.11 Å². The van der Waals surface area contributed by atoms with Crippen molar-refractivity contribution < 1.29 is 16.1 Å². The van der Waals surface area contributed by atoms with Crippen LogP contribution in [0, 0.1) is 5.92 Å². The summed E-state index contributed by atoms with van der Waals surface area (Å²) < 4.78 is 0. The number of hydrogen-bond donors (Lipinski definition) is 1. The third kappa shape index (κ3) is 3.69. The van der Waals surface area contributed by atoms with Gasteiger partial charge in [-0.2, -0.15) is 0 Å². The number of Topliss-reactive ketones (excluding diaryl/α,β-unsaturated/α-hetero) is 1. The maximum absolute atomic E-state index is 12.1. The average Bonchev–Trinajstić information content (AvgIpc) is 2.70. The predicted octanol–water partition coefficient (Wildman–Crippen LogP) is 5.45. The molecule has 144 valence electrons. The van der Waals surface area contributed by atoms with Gasteiger partial charge in [-0.25, -0.2) is 4.79 Å². The summed E-state index contributed by atoms with van der Waals surface area (Å²) in [4.78, 5) is 23.4. The fourth-order valence-corrected chi connectivity index (χ4v) is 4.91. The largest absolute Gasteiger partial charge is 0.478 e. The fraction of sp³-hybridized carbons (Fsp3) is 0.417. The number of carboxylic acids is 1. The molecule has 0 aromatic heterocycles. The van der Waals surface area contributed by atoms with Gasteiger partial charge >= 0.3 is 5.97 Å². The summed E-state index contributed by atoms with van der Waals surface area (Å²) in [6.45, 7) is 4.00. The normalized spacial score (nSPS) is 23.5. The Morgan fingerprint density at radius 1 is 1.15 bits per heavy atom. The Bertz CT molecular complexity index is 831. The van der Waals surface area contributed by atoms with E-state index in [2.05, 4.69) is 24.3 Å². The Balaban J connectivity index is 0.000000906. The number of rotatable bonds is 3. The summed E-state index contributed by atoms with van der Waals surface area (Å²) >= 11 is 0. The number of benzene rings is 2. The molecule has 2 aliphatic rings. The molecule has 1 unspecified atom stereocenters. The molecular weight excluding hydrogens is 336 g/mol. The van der Waals surface area contributed by atoms with E-state index in [4.69, 9.17) is 0 Å². The quantitative estimate of drug-likeness (QED) is 0.785. The topological polar surface area (TPSA) is 54.4 Å². The lowest BCUT2D eigenvalue weighted by atomic mass is 9.55. The highest BCUT2D eigenvalue weighted by atomic mass is 16.4. The first-order chi connectivity index (χ1) is 13.1.